The van der Waals surface area contributed by atoms with Gasteiger partial charge in [-0.15, -0.1) is 0 Å². The summed E-state index contributed by atoms with van der Waals surface area (Å²) < 4.78 is 0. The van der Waals surface area contributed by atoms with Crippen molar-refractivity contribution in [3.8, 4) is 0 Å². The number of piperidine rings is 1. The fraction of sp³-hybridized carbons (Fsp3) is 0.895. The third-order valence-electron chi connectivity index (χ3n) is 5.75. The highest BCUT2D eigenvalue weighted by Crippen LogP contribution is 2.28. The molecule has 0 aromatic heterocycles. The van der Waals surface area contributed by atoms with E-state index in [1.165, 1.54) is 70.4 Å². The van der Waals surface area contributed by atoms with Crippen LogP contribution in [0, 0.1) is 17.8 Å². The Bertz CT molecular complexity index is 316. The van der Waals surface area contributed by atoms with Crippen molar-refractivity contribution in [2.24, 2.45) is 17.8 Å². The van der Waals surface area contributed by atoms with Gasteiger partial charge in [0.25, 0.3) is 0 Å². The molecule has 0 radical (unpaired) electrons. The van der Waals surface area contributed by atoms with Crippen molar-refractivity contribution in [3.63, 3.8) is 0 Å². The Hall–Kier alpha value is -0.340. The van der Waals surface area contributed by atoms with Crippen molar-refractivity contribution in [1.29, 1.82) is 0 Å². The third kappa shape index (κ3) is 5.41. The Balaban J connectivity index is 1.61. The number of rotatable bonds is 7. The van der Waals surface area contributed by atoms with E-state index in [1.807, 2.05) is 0 Å². The topological polar surface area (TPSA) is 6.48 Å². The zero-order valence-electron chi connectivity index (χ0n) is 14.6. The molecule has 0 N–H and O–H groups in total. The van der Waals surface area contributed by atoms with Crippen LogP contribution in [0.4, 0.5) is 0 Å². The van der Waals surface area contributed by atoms with Gasteiger partial charge in [0, 0.05) is 13.1 Å². The molecule has 2 rings (SSSR count). The molecule has 2 fully saturated rings. The van der Waals surface area contributed by atoms with E-state index < -0.39 is 0 Å². The first kappa shape index (κ1) is 17.0. The largest absolute Gasteiger partial charge is 0.304 e. The Kier molecular flexibility index (Phi) is 6.75. The van der Waals surface area contributed by atoms with Crippen LogP contribution in [-0.4, -0.2) is 49.1 Å². The minimum Gasteiger partial charge on any atom is -0.304 e. The van der Waals surface area contributed by atoms with E-state index in [9.17, 15) is 0 Å². The van der Waals surface area contributed by atoms with Gasteiger partial charge < -0.3 is 4.90 Å². The molecule has 1 atom stereocenters. The molecular weight excluding hydrogens is 256 g/mol. The minimum atomic E-state index is 0.632. The van der Waals surface area contributed by atoms with Gasteiger partial charge in [0.15, 0.2) is 0 Å². The van der Waals surface area contributed by atoms with Crippen molar-refractivity contribution in [3.05, 3.63) is 12.2 Å². The van der Waals surface area contributed by atoms with Crippen molar-refractivity contribution in [2.75, 3.05) is 39.3 Å². The van der Waals surface area contributed by atoms with E-state index in [1.54, 1.807) is 0 Å². The second-order valence-corrected chi connectivity index (χ2v) is 7.66. The smallest absolute Gasteiger partial charge is 0.0192 e. The molecule has 0 aliphatic carbocycles. The summed E-state index contributed by atoms with van der Waals surface area (Å²) >= 11 is 0. The first-order valence-electron chi connectivity index (χ1n) is 9.20. The molecule has 2 heterocycles. The van der Waals surface area contributed by atoms with Crippen molar-refractivity contribution in [1.82, 2.24) is 9.80 Å². The van der Waals surface area contributed by atoms with Gasteiger partial charge in [0.05, 0.1) is 0 Å². The summed E-state index contributed by atoms with van der Waals surface area (Å²) in [7, 11) is 0. The highest BCUT2D eigenvalue weighted by molar-refractivity contribution is 5.01. The minimum absolute atomic E-state index is 0.632. The van der Waals surface area contributed by atoms with Gasteiger partial charge in [-0.3, -0.25) is 4.90 Å². The van der Waals surface area contributed by atoms with Crippen molar-refractivity contribution in [2.45, 2.75) is 52.9 Å². The van der Waals surface area contributed by atoms with Crippen LogP contribution < -0.4 is 0 Å². The molecule has 0 bridgehead atoms. The third-order valence-corrected chi connectivity index (χ3v) is 5.75. The first-order valence-corrected chi connectivity index (χ1v) is 9.20. The molecule has 1 unspecified atom stereocenters. The van der Waals surface area contributed by atoms with Gasteiger partial charge in [0.1, 0.15) is 0 Å². The summed E-state index contributed by atoms with van der Waals surface area (Å²) in [4.78, 5) is 5.23. The van der Waals surface area contributed by atoms with Gasteiger partial charge in [-0.1, -0.05) is 39.3 Å². The normalized spacial score (nSPS) is 25.8. The van der Waals surface area contributed by atoms with Crippen molar-refractivity contribution < 1.29 is 0 Å². The van der Waals surface area contributed by atoms with Crippen LogP contribution in [0.25, 0.3) is 0 Å². The summed E-state index contributed by atoms with van der Waals surface area (Å²) in [5.41, 5.74) is 1.41. The summed E-state index contributed by atoms with van der Waals surface area (Å²) in [6.45, 7) is 18.7. The summed E-state index contributed by atoms with van der Waals surface area (Å²) in [5, 5.41) is 0. The lowest BCUT2D eigenvalue weighted by atomic mass is 9.88. The molecule has 122 valence electrons. The monoisotopic (exact) mass is 292 g/mol. The lowest BCUT2D eigenvalue weighted by molar-refractivity contribution is 0.180. The Morgan fingerprint density at radius 1 is 1.00 bits per heavy atom. The van der Waals surface area contributed by atoms with Gasteiger partial charge >= 0.3 is 0 Å². The summed E-state index contributed by atoms with van der Waals surface area (Å²) in [6.07, 6.45) is 7.23. The molecule has 2 heteroatoms. The molecule has 2 saturated heterocycles. The molecule has 0 amide bonds. The maximum atomic E-state index is 4.23. The fourth-order valence-electron chi connectivity index (χ4n) is 3.82. The number of nitrogens with zero attached hydrogens (tertiary/aromatic N) is 2. The van der Waals surface area contributed by atoms with E-state index in [4.69, 9.17) is 0 Å². The van der Waals surface area contributed by atoms with Crippen LogP contribution in [0.3, 0.4) is 0 Å². The predicted molar refractivity (Wildman–Crippen MR) is 92.6 cm³/mol. The van der Waals surface area contributed by atoms with Gasteiger partial charge in [-0.2, -0.15) is 0 Å². The van der Waals surface area contributed by atoms with E-state index in [-0.39, 0.29) is 0 Å². The molecule has 0 saturated carbocycles. The average molecular weight is 293 g/mol. The lowest BCUT2D eigenvalue weighted by Crippen LogP contribution is -2.33. The molecule has 0 aromatic rings. The maximum absolute atomic E-state index is 4.23. The second kappa shape index (κ2) is 8.33. The zero-order chi connectivity index (χ0) is 15.2. The highest BCUT2D eigenvalue weighted by Gasteiger charge is 2.25. The Morgan fingerprint density at radius 3 is 2.19 bits per heavy atom. The number of hydrogen-bond donors (Lipinski definition) is 0. The van der Waals surface area contributed by atoms with Crippen LogP contribution in [0.15, 0.2) is 12.2 Å². The molecule has 0 spiro atoms. The van der Waals surface area contributed by atoms with E-state index in [0.717, 1.165) is 18.4 Å². The van der Waals surface area contributed by atoms with E-state index >= 15 is 0 Å². The van der Waals surface area contributed by atoms with Gasteiger partial charge in [-0.25, -0.2) is 0 Å². The van der Waals surface area contributed by atoms with E-state index in [0.29, 0.717) is 5.92 Å². The van der Waals surface area contributed by atoms with Crippen LogP contribution >= 0.6 is 0 Å². The standard InChI is InChI=1S/C19H36N2/c1-5-20-11-8-18(9-12-20)6-7-19-10-13-21(15-19)14-17(4)16(2)3/h16,18-19H,4-15H2,1-3H3. The molecule has 2 nitrogen and oxygen atoms in total. The number of likely N-dealkylation sites (tertiary alicyclic amines) is 2. The number of hydrogen-bond acceptors (Lipinski definition) is 2. The van der Waals surface area contributed by atoms with Crippen LogP contribution in [-0.2, 0) is 0 Å². The summed E-state index contributed by atoms with van der Waals surface area (Å²) in [6, 6.07) is 0. The second-order valence-electron chi connectivity index (χ2n) is 7.66. The van der Waals surface area contributed by atoms with Gasteiger partial charge in [0.2, 0.25) is 0 Å². The maximum Gasteiger partial charge on any atom is 0.0192 e. The van der Waals surface area contributed by atoms with Crippen LogP contribution in [0.5, 0.6) is 0 Å². The fourth-order valence-corrected chi connectivity index (χ4v) is 3.82. The van der Waals surface area contributed by atoms with Crippen LogP contribution in [0.1, 0.15) is 52.9 Å². The zero-order valence-corrected chi connectivity index (χ0v) is 14.6. The SMILES string of the molecule is C=C(CN1CCC(CCC2CCN(CC)CC2)C1)C(C)C. The van der Waals surface area contributed by atoms with Crippen molar-refractivity contribution >= 4 is 0 Å². The molecule has 2 aliphatic rings. The van der Waals surface area contributed by atoms with Gasteiger partial charge in [-0.05, 0) is 69.6 Å². The van der Waals surface area contributed by atoms with E-state index in [2.05, 4.69) is 37.1 Å². The summed E-state index contributed by atoms with van der Waals surface area (Å²) in [5.74, 6) is 2.59. The Morgan fingerprint density at radius 2 is 1.57 bits per heavy atom. The molecule has 0 aromatic carbocycles. The lowest BCUT2D eigenvalue weighted by Gasteiger charge is -2.31. The molecular formula is C19H36N2. The molecule has 2 aliphatic heterocycles. The average Bonchev–Trinajstić information content (AvgIpc) is 2.93. The van der Waals surface area contributed by atoms with Crippen LogP contribution in [0.2, 0.25) is 0 Å². The predicted octanol–water partition coefficient (Wildman–Crippen LogP) is 4.03. The first-order chi connectivity index (χ1) is 10.1. The molecule has 21 heavy (non-hydrogen) atoms. The highest BCUT2D eigenvalue weighted by atomic mass is 15.1. The Labute approximate surface area is 132 Å². The quantitative estimate of drug-likeness (QED) is 0.654.